The Morgan fingerprint density at radius 2 is 2.12 bits per heavy atom. The second-order valence-electron chi connectivity index (χ2n) is 3.94. The van der Waals surface area contributed by atoms with E-state index in [-0.39, 0.29) is 0 Å². The summed E-state index contributed by atoms with van der Waals surface area (Å²) in [7, 11) is 0. The highest BCUT2D eigenvalue weighted by Gasteiger charge is 2.01. The zero-order valence-corrected chi connectivity index (χ0v) is 11.2. The maximum absolute atomic E-state index is 5.47. The highest BCUT2D eigenvalue weighted by Crippen LogP contribution is 2.24. The first kappa shape index (κ1) is 12.3. The van der Waals surface area contributed by atoms with E-state index in [9.17, 15) is 0 Å². The third-order valence-electron chi connectivity index (χ3n) is 2.65. The number of nitrogens with two attached hydrogens (primary N) is 1. The summed E-state index contributed by atoms with van der Waals surface area (Å²) in [6.45, 7) is 1.71. The Bertz CT molecular complexity index is 499. The van der Waals surface area contributed by atoms with Crippen LogP contribution in [-0.2, 0) is 0 Å². The van der Waals surface area contributed by atoms with Gasteiger partial charge < -0.3 is 11.1 Å². The molecule has 1 heterocycles. The van der Waals surface area contributed by atoms with Crippen molar-refractivity contribution >= 4 is 32.5 Å². The molecule has 0 aliphatic carbocycles. The molecular weight excluding hydrogens is 278 g/mol. The molecule has 17 heavy (non-hydrogen) atoms. The molecule has 1 aromatic carbocycles. The van der Waals surface area contributed by atoms with E-state index in [2.05, 4.69) is 32.3 Å². The molecule has 0 saturated carbocycles. The van der Waals surface area contributed by atoms with Crippen LogP contribution in [0.15, 0.2) is 34.9 Å². The lowest BCUT2D eigenvalue weighted by atomic mass is 10.2. The molecule has 0 aliphatic heterocycles. The van der Waals surface area contributed by atoms with Crippen molar-refractivity contribution in [3.8, 4) is 0 Å². The third kappa shape index (κ3) is 3.17. The smallest absolute Gasteiger partial charge is 0.0733 e. The second-order valence-corrected chi connectivity index (χ2v) is 4.86. The summed E-state index contributed by atoms with van der Waals surface area (Å²) in [6.07, 6.45) is 3.98. The SMILES string of the molecule is NCCCCNc1ccnc2cc(Br)ccc12. The van der Waals surface area contributed by atoms with Crippen LogP contribution >= 0.6 is 15.9 Å². The molecule has 0 radical (unpaired) electrons. The van der Waals surface area contributed by atoms with Crippen molar-refractivity contribution in [2.75, 3.05) is 18.4 Å². The van der Waals surface area contributed by atoms with E-state index < -0.39 is 0 Å². The van der Waals surface area contributed by atoms with Gasteiger partial charge in [0, 0.05) is 28.3 Å². The molecule has 0 unspecified atom stereocenters. The van der Waals surface area contributed by atoms with Crippen molar-refractivity contribution in [3.05, 3.63) is 34.9 Å². The molecule has 3 nitrogen and oxygen atoms in total. The van der Waals surface area contributed by atoms with Gasteiger partial charge in [-0.05, 0) is 43.7 Å². The number of unbranched alkanes of at least 4 members (excludes halogenated alkanes) is 1. The highest BCUT2D eigenvalue weighted by molar-refractivity contribution is 9.10. The van der Waals surface area contributed by atoms with E-state index in [1.54, 1.807) is 0 Å². The first-order valence-electron chi connectivity index (χ1n) is 5.79. The van der Waals surface area contributed by atoms with Crippen molar-refractivity contribution < 1.29 is 0 Å². The van der Waals surface area contributed by atoms with Gasteiger partial charge in [-0.3, -0.25) is 4.98 Å². The van der Waals surface area contributed by atoms with Gasteiger partial charge in [0.15, 0.2) is 0 Å². The summed E-state index contributed by atoms with van der Waals surface area (Å²) >= 11 is 3.46. The molecule has 0 spiro atoms. The van der Waals surface area contributed by atoms with Gasteiger partial charge in [0.2, 0.25) is 0 Å². The summed E-state index contributed by atoms with van der Waals surface area (Å²) in [4.78, 5) is 4.36. The second kappa shape index (κ2) is 5.98. The summed E-state index contributed by atoms with van der Waals surface area (Å²) in [5.41, 5.74) is 7.61. The van der Waals surface area contributed by atoms with Gasteiger partial charge >= 0.3 is 0 Å². The molecule has 90 valence electrons. The quantitative estimate of drug-likeness (QED) is 0.833. The van der Waals surface area contributed by atoms with Crippen molar-refractivity contribution in [1.82, 2.24) is 4.98 Å². The maximum atomic E-state index is 5.47. The van der Waals surface area contributed by atoms with Crippen LogP contribution < -0.4 is 11.1 Å². The molecule has 1 aromatic heterocycles. The molecule has 3 N–H and O–H groups in total. The van der Waals surface area contributed by atoms with Gasteiger partial charge in [0.25, 0.3) is 0 Å². The van der Waals surface area contributed by atoms with Gasteiger partial charge in [-0.1, -0.05) is 15.9 Å². The molecule has 2 rings (SSSR count). The molecule has 4 heteroatoms. The summed E-state index contributed by atoms with van der Waals surface area (Å²) < 4.78 is 1.05. The van der Waals surface area contributed by atoms with Crippen molar-refractivity contribution in [2.45, 2.75) is 12.8 Å². The van der Waals surface area contributed by atoms with Crippen molar-refractivity contribution in [3.63, 3.8) is 0 Å². The van der Waals surface area contributed by atoms with E-state index in [1.165, 1.54) is 0 Å². The molecule has 0 atom stereocenters. The third-order valence-corrected chi connectivity index (χ3v) is 3.14. The number of aromatic nitrogens is 1. The van der Waals surface area contributed by atoms with Gasteiger partial charge in [-0.15, -0.1) is 0 Å². The van der Waals surface area contributed by atoms with Gasteiger partial charge in [-0.2, -0.15) is 0 Å². The Morgan fingerprint density at radius 1 is 1.24 bits per heavy atom. The number of benzene rings is 1. The standard InChI is InChI=1S/C13H16BrN3/c14-10-3-4-11-12(16-7-2-1-6-15)5-8-17-13(11)9-10/h3-5,8-9H,1-2,6-7,15H2,(H,16,17). The summed E-state index contributed by atoms with van der Waals surface area (Å²) in [5.74, 6) is 0. The first-order valence-corrected chi connectivity index (χ1v) is 6.59. The minimum atomic E-state index is 0.756. The summed E-state index contributed by atoms with van der Waals surface area (Å²) in [6, 6.07) is 8.16. The van der Waals surface area contributed by atoms with E-state index in [0.717, 1.165) is 47.0 Å². The zero-order valence-electron chi connectivity index (χ0n) is 9.62. The van der Waals surface area contributed by atoms with Crippen LogP contribution in [0.5, 0.6) is 0 Å². The van der Waals surface area contributed by atoms with Crippen LogP contribution in [-0.4, -0.2) is 18.1 Å². The van der Waals surface area contributed by atoms with E-state index >= 15 is 0 Å². The van der Waals surface area contributed by atoms with Crippen LogP contribution in [0.3, 0.4) is 0 Å². The fourth-order valence-corrected chi connectivity index (χ4v) is 2.12. The van der Waals surface area contributed by atoms with Crippen molar-refractivity contribution in [1.29, 1.82) is 0 Å². The molecule has 0 saturated heterocycles. The number of nitrogens with zero attached hydrogens (tertiary/aromatic N) is 1. The number of fused-ring (bicyclic) bond motifs is 1. The lowest BCUT2D eigenvalue weighted by Crippen LogP contribution is -2.06. The fourth-order valence-electron chi connectivity index (χ4n) is 1.77. The highest BCUT2D eigenvalue weighted by atomic mass is 79.9. The van der Waals surface area contributed by atoms with Crippen LogP contribution in [0.1, 0.15) is 12.8 Å². The normalized spacial score (nSPS) is 10.7. The van der Waals surface area contributed by atoms with Crippen LogP contribution in [0.25, 0.3) is 10.9 Å². The van der Waals surface area contributed by atoms with E-state index in [1.807, 2.05) is 24.4 Å². The largest absolute Gasteiger partial charge is 0.384 e. The Balaban J connectivity index is 2.16. The number of pyridine rings is 1. The predicted molar refractivity (Wildman–Crippen MR) is 76.2 cm³/mol. The Kier molecular flexibility index (Phi) is 4.34. The Morgan fingerprint density at radius 3 is 2.94 bits per heavy atom. The Labute approximate surface area is 110 Å². The average Bonchev–Trinajstić information content (AvgIpc) is 2.34. The summed E-state index contributed by atoms with van der Waals surface area (Å²) in [5, 5.41) is 4.59. The monoisotopic (exact) mass is 293 g/mol. The van der Waals surface area contributed by atoms with Crippen LogP contribution in [0.2, 0.25) is 0 Å². The number of nitrogens with one attached hydrogen (secondary N) is 1. The first-order chi connectivity index (χ1) is 8.31. The van der Waals surface area contributed by atoms with Crippen LogP contribution in [0, 0.1) is 0 Å². The van der Waals surface area contributed by atoms with Gasteiger partial charge in [0.05, 0.1) is 5.52 Å². The van der Waals surface area contributed by atoms with E-state index in [4.69, 9.17) is 5.73 Å². The topological polar surface area (TPSA) is 50.9 Å². The molecule has 2 aromatic rings. The molecular formula is C13H16BrN3. The predicted octanol–water partition coefficient (Wildman–Crippen LogP) is 3.15. The average molecular weight is 294 g/mol. The Hall–Kier alpha value is -1.13. The molecule has 0 fully saturated rings. The number of rotatable bonds is 5. The van der Waals surface area contributed by atoms with Crippen molar-refractivity contribution in [2.24, 2.45) is 5.73 Å². The number of anilines is 1. The maximum Gasteiger partial charge on any atom is 0.0733 e. The number of hydrogen-bond acceptors (Lipinski definition) is 3. The van der Waals surface area contributed by atoms with E-state index in [0.29, 0.717) is 0 Å². The number of hydrogen-bond donors (Lipinski definition) is 2. The zero-order chi connectivity index (χ0) is 12.1. The lowest BCUT2D eigenvalue weighted by Gasteiger charge is -2.09. The van der Waals surface area contributed by atoms with Gasteiger partial charge in [-0.25, -0.2) is 0 Å². The molecule has 0 bridgehead atoms. The minimum Gasteiger partial charge on any atom is -0.384 e. The fraction of sp³-hybridized carbons (Fsp3) is 0.308. The number of halogens is 1. The molecule has 0 aliphatic rings. The van der Waals surface area contributed by atoms with Gasteiger partial charge in [0.1, 0.15) is 0 Å². The molecule has 0 amide bonds. The lowest BCUT2D eigenvalue weighted by molar-refractivity contribution is 0.774. The van der Waals surface area contributed by atoms with Crippen LogP contribution in [0.4, 0.5) is 5.69 Å². The minimum absolute atomic E-state index is 0.756.